The van der Waals surface area contributed by atoms with Crippen LogP contribution in [0.2, 0.25) is 6.32 Å². The molecule has 14 nitrogen and oxygen atoms in total. The van der Waals surface area contributed by atoms with Crippen molar-refractivity contribution in [2.45, 2.75) is 123 Å². The Labute approximate surface area is 306 Å². The largest absolute Gasteiger partial charge is 0.514 e. The summed E-state index contributed by atoms with van der Waals surface area (Å²) in [4.78, 5) is 53.1. The molecule has 2 bridgehead atoms. The second-order valence-corrected chi connectivity index (χ2v) is 17.2. The fraction of sp³-hybridized carbons (Fsp3) is 0.730. The van der Waals surface area contributed by atoms with Gasteiger partial charge in [0.05, 0.1) is 32.0 Å². The first-order valence-electron chi connectivity index (χ1n) is 18.1. The summed E-state index contributed by atoms with van der Waals surface area (Å²) < 4.78 is 41.1. The highest BCUT2D eigenvalue weighted by Crippen LogP contribution is 2.65. The van der Waals surface area contributed by atoms with Crippen LogP contribution < -0.4 is 14.8 Å². The van der Waals surface area contributed by atoms with Crippen molar-refractivity contribution in [3.05, 3.63) is 23.3 Å². The van der Waals surface area contributed by atoms with Gasteiger partial charge in [0.2, 0.25) is 5.91 Å². The lowest BCUT2D eigenvalue weighted by atomic mass is 9.43. The highest BCUT2D eigenvalue weighted by Gasteiger charge is 2.67. The van der Waals surface area contributed by atoms with E-state index in [-0.39, 0.29) is 40.7 Å². The number of carbonyl (C=O) groups is 4. The second-order valence-electron chi connectivity index (χ2n) is 17.2. The first-order valence-corrected chi connectivity index (χ1v) is 18.1. The number of benzene rings is 1. The summed E-state index contributed by atoms with van der Waals surface area (Å²) in [7, 11) is 0.696. The summed E-state index contributed by atoms with van der Waals surface area (Å²) in [5.41, 5.74) is -1.43. The predicted octanol–water partition coefficient (Wildman–Crippen LogP) is 3.94. The van der Waals surface area contributed by atoms with Crippen LogP contribution in [0.3, 0.4) is 0 Å². The number of nitrogens with one attached hydrogen (secondary N) is 1. The molecule has 3 aliphatic carbocycles. The highest BCUT2D eigenvalue weighted by molar-refractivity contribution is 6.45. The van der Waals surface area contributed by atoms with Gasteiger partial charge in [0, 0.05) is 13.1 Å². The third kappa shape index (κ3) is 8.69. The fourth-order valence-electron chi connectivity index (χ4n) is 7.91. The maximum absolute atomic E-state index is 13.9. The summed E-state index contributed by atoms with van der Waals surface area (Å²) in [5, 5.41) is 11.9. The highest BCUT2D eigenvalue weighted by atomic mass is 16.7. The van der Waals surface area contributed by atoms with Crippen LogP contribution in [0.5, 0.6) is 11.5 Å². The summed E-state index contributed by atoms with van der Waals surface area (Å²) in [5.74, 6) is -0.835. The molecular weight excluding hydrogens is 675 g/mol. The van der Waals surface area contributed by atoms with Crippen LogP contribution in [-0.4, -0.2) is 110 Å². The van der Waals surface area contributed by atoms with E-state index >= 15 is 0 Å². The van der Waals surface area contributed by atoms with Crippen molar-refractivity contribution in [1.82, 2.24) is 10.2 Å². The molecule has 2 aliphatic heterocycles. The van der Waals surface area contributed by atoms with Crippen molar-refractivity contribution >= 4 is 31.1 Å². The molecule has 5 atom stereocenters. The maximum atomic E-state index is 13.9. The molecule has 2 saturated heterocycles. The zero-order valence-electron chi connectivity index (χ0n) is 32.2. The Balaban J connectivity index is 1.35. The van der Waals surface area contributed by atoms with Crippen molar-refractivity contribution in [2.24, 2.45) is 17.3 Å². The molecule has 3 saturated carbocycles. The minimum absolute atomic E-state index is 0.0110. The molecule has 1 amide bonds. The number of nitrogens with zero attached hydrogens (tertiary/aromatic N) is 1. The average Bonchev–Trinajstić information content (AvgIpc) is 3.35. The van der Waals surface area contributed by atoms with Gasteiger partial charge >= 0.3 is 25.2 Å². The molecule has 0 aromatic heterocycles. The van der Waals surface area contributed by atoms with E-state index in [1.54, 1.807) is 58.6 Å². The lowest BCUT2D eigenvalue weighted by molar-refractivity contribution is -0.199. The van der Waals surface area contributed by atoms with Gasteiger partial charge in [-0.05, 0) is 103 Å². The van der Waals surface area contributed by atoms with E-state index in [9.17, 15) is 24.3 Å². The van der Waals surface area contributed by atoms with Crippen molar-refractivity contribution < 1.29 is 57.3 Å². The number of aryl methyl sites for hydroxylation is 1. The Bertz CT molecular complexity index is 1530. The minimum atomic E-state index is -1.17. The summed E-state index contributed by atoms with van der Waals surface area (Å²) in [6.07, 6.45) is 1.49. The number of carbonyl (C=O) groups excluding carboxylic acids is 4. The number of esters is 2. The first-order chi connectivity index (χ1) is 24.1. The van der Waals surface area contributed by atoms with Gasteiger partial charge in [-0.1, -0.05) is 19.9 Å². The number of methoxy groups -OCH3 is 1. The smallest absolute Gasteiger partial charge is 0.487 e. The van der Waals surface area contributed by atoms with Crippen LogP contribution in [0.15, 0.2) is 12.1 Å². The van der Waals surface area contributed by atoms with Crippen LogP contribution in [0.25, 0.3) is 0 Å². The molecule has 1 aromatic carbocycles. The number of ether oxygens (including phenoxy) is 5. The van der Waals surface area contributed by atoms with Crippen molar-refractivity contribution in [1.29, 1.82) is 0 Å². The van der Waals surface area contributed by atoms with E-state index < -0.39 is 61.1 Å². The Morgan fingerprint density at radius 1 is 1.04 bits per heavy atom. The van der Waals surface area contributed by atoms with Gasteiger partial charge in [-0.2, -0.15) is 0 Å². The van der Waals surface area contributed by atoms with E-state index in [4.69, 9.17) is 28.3 Å². The third-order valence-corrected chi connectivity index (χ3v) is 10.6. The predicted molar refractivity (Wildman–Crippen MR) is 189 cm³/mol. The lowest BCUT2D eigenvalue weighted by Crippen LogP contribution is -2.65. The van der Waals surface area contributed by atoms with Gasteiger partial charge in [-0.25, -0.2) is 14.4 Å². The molecular formula is C37H55BN2O12. The van der Waals surface area contributed by atoms with Crippen LogP contribution in [0, 0.1) is 17.3 Å². The van der Waals surface area contributed by atoms with Crippen LogP contribution in [0.1, 0.15) is 91.1 Å². The van der Waals surface area contributed by atoms with Gasteiger partial charge in [0.1, 0.15) is 28.6 Å². The fourth-order valence-corrected chi connectivity index (χ4v) is 7.91. The number of aliphatic hydroxyl groups is 1. The van der Waals surface area contributed by atoms with Crippen LogP contribution >= 0.6 is 0 Å². The molecule has 2 N–H and O–H groups in total. The molecule has 5 fully saturated rings. The van der Waals surface area contributed by atoms with Gasteiger partial charge in [0.15, 0.2) is 11.8 Å². The normalized spacial score (nSPS) is 25.9. The number of rotatable bonds is 12. The van der Waals surface area contributed by atoms with E-state index in [2.05, 4.69) is 30.8 Å². The Hall–Kier alpha value is -3.40. The first kappa shape index (κ1) is 39.8. The van der Waals surface area contributed by atoms with Crippen molar-refractivity contribution in [3.63, 3.8) is 0 Å². The van der Waals surface area contributed by atoms with E-state index in [1.807, 2.05) is 0 Å². The van der Waals surface area contributed by atoms with E-state index in [0.717, 1.165) is 12.8 Å². The number of aliphatic hydroxyl groups excluding tert-OH is 1. The number of likely N-dealkylation sites (tertiary alicyclic amines) is 1. The van der Waals surface area contributed by atoms with Gasteiger partial charge in [0.25, 0.3) is 0 Å². The average molecular weight is 731 g/mol. The number of amides is 1. The standard InChI is InChI=1S/C37H55BN2O12/c1-34(2,3)49-32(44)29-25(47-23-17-40(18-23)19-28(42)39-24(20-41)31(43)46-10)12-11-21(30(29)48-33(45)50-35(4,5)6)13-14-38-51-27-16-22-15-26(36(22,7)8)37(27,9)52-38/h11-12,22-24,26-27,41H,13-20H2,1-10H3,(H,39,42)/t22-,24?,26-,27+,37-/m0/s1. The molecule has 0 radical (unpaired) electrons. The minimum Gasteiger partial charge on any atom is -0.487 e. The zero-order chi connectivity index (χ0) is 38.4. The molecule has 52 heavy (non-hydrogen) atoms. The second kappa shape index (κ2) is 14.8. The van der Waals surface area contributed by atoms with Crippen LogP contribution in [-0.2, 0) is 39.5 Å². The number of hydrogen-bond donors (Lipinski definition) is 2. The molecule has 5 aliphatic rings. The van der Waals surface area contributed by atoms with Crippen molar-refractivity contribution in [2.75, 3.05) is 33.4 Å². The Morgan fingerprint density at radius 3 is 2.31 bits per heavy atom. The molecule has 1 unspecified atom stereocenters. The molecule has 288 valence electrons. The quantitative estimate of drug-likeness (QED) is 0.138. The Kier molecular flexibility index (Phi) is 11.3. The Morgan fingerprint density at radius 2 is 1.71 bits per heavy atom. The monoisotopic (exact) mass is 730 g/mol. The zero-order valence-corrected chi connectivity index (χ0v) is 32.2. The van der Waals surface area contributed by atoms with Gasteiger partial charge < -0.3 is 43.4 Å². The summed E-state index contributed by atoms with van der Waals surface area (Å²) in [6, 6.07) is 2.24. The summed E-state index contributed by atoms with van der Waals surface area (Å²) in [6.45, 7) is 17.1. The van der Waals surface area contributed by atoms with Crippen LogP contribution in [0.4, 0.5) is 4.79 Å². The summed E-state index contributed by atoms with van der Waals surface area (Å²) >= 11 is 0. The topological polar surface area (TPSA) is 168 Å². The maximum Gasteiger partial charge on any atom is 0.514 e. The molecule has 15 heteroatoms. The van der Waals surface area contributed by atoms with E-state index in [0.29, 0.717) is 43.2 Å². The van der Waals surface area contributed by atoms with Crippen molar-refractivity contribution in [3.8, 4) is 11.5 Å². The van der Waals surface area contributed by atoms with Gasteiger partial charge in [-0.15, -0.1) is 0 Å². The molecule has 1 aromatic rings. The molecule has 0 spiro atoms. The SMILES string of the molecule is COC(=O)C(CO)NC(=O)CN1CC(Oc2ccc(CCB3O[C@@H]4C[C@@H]5C[C@@H](C5(C)C)[C@]4(C)O3)c(OC(=O)OC(C)(C)C)c2C(=O)OC(C)(C)C)C1. The lowest BCUT2D eigenvalue weighted by Gasteiger charge is -2.64. The van der Waals surface area contributed by atoms with Gasteiger partial charge in [-0.3, -0.25) is 9.69 Å². The molecule has 6 rings (SSSR count). The van der Waals surface area contributed by atoms with E-state index in [1.165, 1.54) is 7.11 Å². The third-order valence-electron chi connectivity index (χ3n) is 10.6. The number of hydrogen-bond acceptors (Lipinski definition) is 13. The molecule has 2 heterocycles.